The highest BCUT2D eigenvalue weighted by atomic mass is 19.4. The summed E-state index contributed by atoms with van der Waals surface area (Å²) in [7, 11) is 0. The van der Waals surface area contributed by atoms with Gasteiger partial charge in [-0.05, 0) is 92.9 Å². The molecule has 2 saturated carbocycles. The fourth-order valence-corrected chi connectivity index (χ4v) is 4.96. The average molecular weight is 438 g/mol. The molecule has 0 aromatic heterocycles. The van der Waals surface area contributed by atoms with E-state index >= 15 is 0 Å². The van der Waals surface area contributed by atoms with Crippen molar-refractivity contribution in [1.29, 1.82) is 5.26 Å². The van der Waals surface area contributed by atoms with E-state index in [1.807, 2.05) is 0 Å². The zero-order valence-electron chi connectivity index (χ0n) is 17.8. The van der Waals surface area contributed by atoms with Crippen molar-refractivity contribution in [3.63, 3.8) is 0 Å². The number of ether oxygens (including phenoxy) is 1. The summed E-state index contributed by atoms with van der Waals surface area (Å²) in [6, 6.07) is 7.13. The van der Waals surface area contributed by atoms with Gasteiger partial charge in [-0.15, -0.1) is 0 Å². The van der Waals surface area contributed by atoms with Crippen LogP contribution < -0.4 is 0 Å². The van der Waals surface area contributed by atoms with E-state index in [-0.39, 0.29) is 6.10 Å². The van der Waals surface area contributed by atoms with E-state index in [0.29, 0.717) is 24.2 Å². The Hall–Kier alpha value is -1.87. The van der Waals surface area contributed by atoms with Crippen molar-refractivity contribution in [3.8, 4) is 6.07 Å². The number of alkyl halides is 3. The van der Waals surface area contributed by atoms with E-state index in [1.165, 1.54) is 24.3 Å². The Morgan fingerprint density at radius 3 is 2.16 bits per heavy atom. The third-order valence-corrected chi connectivity index (χ3v) is 6.92. The van der Waals surface area contributed by atoms with Gasteiger partial charge in [-0.3, -0.25) is 0 Å². The van der Waals surface area contributed by atoms with E-state index in [1.54, 1.807) is 12.1 Å². The maximum Gasteiger partial charge on any atom is 0.416 e. The molecule has 0 atom stereocenters. The van der Waals surface area contributed by atoms with Crippen molar-refractivity contribution < 1.29 is 22.3 Å². The minimum absolute atomic E-state index is 0.252. The van der Waals surface area contributed by atoms with Gasteiger partial charge in [0.15, 0.2) is 5.83 Å². The standard InChI is InChI=1S/C25H31F4NO/c26-23(16-30)3-1-2-18-4-6-19(7-5-18)17-31-24-14-10-21(11-15-24)20-8-12-22(13-9-20)25(27,28)29/h3,8-9,12-13,18-19,21,24H,1-2,4-7,10-11,14-15,17H2. The molecule has 0 amide bonds. The number of nitriles is 1. The van der Waals surface area contributed by atoms with Gasteiger partial charge in [0.25, 0.3) is 0 Å². The molecule has 6 heteroatoms. The van der Waals surface area contributed by atoms with Gasteiger partial charge in [0.05, 0.1) is 11.7 Å². The normalized spacial score (nSPS) is 27.6. The van der Waals surface area contributed by atoms with Crippen molar-refractivity contribution in [3.05, 3.63) is 47.3 Å². The average Bonchev–Trinajstić information content (AvgIpc) is 2.78. The van der Waals surface area contributed by atoms with Crippen molar-refractivity contribution >= 4 is 0 Å². The van der Waals surface area contributed by atoms with Crippen LogP contribution >= 0.6 is 0 Å². The molecule has 0 heterocycles. The lowest BCUT2D eigenvalue weighted by Crippen LogP contribution is -2.25. The van der Waals surface area contributed by atoms with Crippen LogP contribution in [0.2, 0.25) is 0 Å². The van der Waals surface area contributed by atoms with Crippen LogP contribution in [0.25, 0.3) is 0 Å². The third kappa shape index (κ3) is 7.35. The number of rotatable bonds is 7. The first-order valence-corrected chi connectivity index (χ1v) is 11.4. The Bertz CT molecular complexity index is 749. The van der Waals surface area contributed by atoms with E-state index < -0.39 is 17.6 Å². The van der Waals surface area contributed by atoms with Gasteiger partial charge in [0, 0.05) is 6.61 Å². The maximum atomic E-state index is 12.8. The molecule has 0 spiro atoms. The Kier molecular flexibility index (Phi) is 8.54. The smallest absolute Gasteiger partial charge is 0.378 e. The molecule has 0 unspecified atom stereocenters. The highest BCUT2D eigenvalue weighted by Gasteiger charge is 2.31. The predicted octanol–water partition coefficient (Wildman–Crippen LogP) is 7.71. The summed E-state index contributed by atoms with van der Waals surface area (Å²) in [6.07, 6.45) is 7.29. The van der Waals surface area contributed by atoms with Gasteiger partial charge in [-0.1, -0.05) is 25.0 Å². The second-order valence-corrected chi connectivity index (χ2v) is 9.05. The molecule has 31 heavy (non-hydrogen) atoms. The molecular weight excluding hydrogens is 406 g/mol. The fraction of sp³-hybridized carbons (Fsp3) is 0.640. The third-order valence-electron chi connectivity index (χ3n) is 6.92. The summed E-state index contributed by atoms with van der Waals surface area (Å²) < 4.78 is 57.2. The van der Waals surface area contributed by atoms with Crippen LogP contribution in [0.4, 0.5) is 17.6 Å². The Morgan fingerprint density at radius 1 is 0.968 bits per heavy atom. The van der Waals surface area contributed by atoms with Gasteiger partial charge < -0.3 is 4.74 Å². The summed E-state index contributed by atoms with van der Waals surface area (Å²) in [5, 5.41) is 8.44. The van der Waals surface area contributed by atoms with Crippen LogP contribution in [0.5, 0.6) is 0 Å². The number of hydrogen-bond acceptors (Lipinski definition) is 2. The lowest BCUT2D eigenvalue weighted by molar-refractivity contribution is -0.137. The van der Waals surface area contributed by atoms with Gasteiger partial charge in [-0.25, -0.2) is 0 Å². The molecule has 2 aliphatic rings. The number of benzene rings is 1. The molecule has 0 bridgehead atoms. The molecule has 2 aliphatic carbocycles. The summed E-state index contributed by atoms with van der Waals surface area (Å²) in [6.45, 7) is 0.783. The van der Waals surface area contributed by atoms with E-state index in [4.69, 9.17) is 10.00 Å². The second kappa shape index (κ2) is 11.1. The summed E-state index contributed by atoms with van der Waals surface area (Å²) in [4.78, 5) is 0. The highest BCUT2D eigenvalue weighted by molar-refractivity contribution is 5.27. The molecule has 1 aromatic carbocycles. The Labute approximate surface area is 182 Å². The number of allylic oxidation sites excluding steroid dienone is 2. The van der Waals surface area contributed by atoms with Gasteiger partial charge in [0.2, 0.25) is 0 Å². The molecule has 0 radical (unpaired) electrons. The van der Waals surface area contributed by atoms with Gasteiger partial charge >= 0.3 is 6.18 Å². The molecule has 170 valence electrons. The first-order chi connectivity index (χ1) is 14.8. The minimum atomic E-state index is -4.28. The largest absolute Gasteiger partial charge is 0.416 e. The molecule has 0 saturated heterocycles. The lowest BCUT2D eigenvalue weighted by atomic mass is 9.80. The predicted molar refractivity (Wildman–Crippen MR) is 112 cm³/mol. The molecule has 2 nitrogen and oxygen atoms in total. The maximum absolute atomic E-state index is 12.8. The molecular formula is C25H31F4NO. The minimum Gasteiger partial charge on any atom is -0.378 e. The van der Waals surface area contributed by atoms with Gasteiger partial charge in [0.1, 0.15) is 6.07 Å². The number of nitrogens with zero attached hydrogens (tertiary/aromatic N) is 1. The van der Waals surface area contributed by atoms with Crippen LogP contribution in [0, 0.1) is 23.2 Å². The van der Waals surface area contributed by atoms with E-state index in [2.05, 4.69) is 0 Å². The fourth-order valence-electron chi connectivity index (χ4n) is 4.96. The first-order valence-electron chi connectivity index (χ1n) is 11.4. The van der Waals surface area contributed by atoms with Crippen molar-refractivity contribution in [2.45, 2.75) is 82.4 Å². The monoisotopic (exact) mass is 437 g/mol. The second-order valence-electron chi connectivity index (χ2n) is 9.05. The van der Waals surface area contributed by atoms with Crippen molar-refractivity contribution in [2.24, 2.45) is 11.8 Å². The SMILES string of the molecule is N#CC(F)=CCCC1CCC(COC2CCC(c3ccc(C(F)(F)F)cc3)CC2)CC1. The molecule has 0 aliphatic heterocycles. The zero-order valence-corrected chi connectivity index (χ0v) is 17.8. The van der Waals surface area contributed by atoms with Crippen LogP contribution in [-0.4, -0.2) is 12.7 Å². The summed E-state index contributed by atoms with van der Waals surface area (Å²) in [5.74, 6) is 0.820. The van der Waals surface area contributed by atoms with Crippen LogP contribution in [0.1, 0.15) is 81.3 Å². The van der Waals surface area contributed by atoms with Crippen molar-refractivity contribution in [1.82, 2.24) is 0 Å². The molecule has 3 rings (SSSR count). The highest BCUT2D eigenvalue weighted by Crippen LogP contribution is 2.37. The van der Waals surface area contributed by atoms with E-state index in [0.717, 1.165) is 70.0 Å². The van der Waals surface area contributed by atoms with Crippen LogP contribution in [-0.2, 0) is 10.9 Å². The summed E-state index contributed by atoms with van der Waals surface area (Å²) >= 11 is 0. The Balaban J connectivity index is 1.33. The number of halogens is 4. The molecule has 0 N–H and O–H groups in total. The zero-order chi connectivity index (χ0) is 22.3. The van der Waals surface area contributed by atoms with Gasteiger partial charge in [-0.2, -0.15) is 22.8 Å². The number of hydrogen-bond donors (Lipinski definition) is 0. The quantitative estimate of drug-likeness (QED) is 0.323. The first kappa shape index (κ1) is 23.8. The molecule has 1 aromatic rings. The summed E-state index contributed by atoms with van der Waals surface area (Å²) in [5.41, 5.74) is 0.406. The Morgan fingerprint density at radius 2 is 1.58 bits per heavy atom. The van der Waals surface area contributed by atoms with Crippen LogP contribution in [0.3, 0.4) is 0 Å². The topological polar surface area (TPSA) is 33.0 Å². The van der Waals surface area contributed by atoms with Crippen LogP contribution in [0.15, 0.2) is 36.2 Å². The van der Waals surface area contributed by atoms with E-state index in [9.17, 15) is 17.6 Å². The molecule has 2 fully saturated rings. The lowest BCUT2D eigenvalue weighted by Gasteiger charge is -2.32. The van der Waals surface area contributed by atoms with Crippen molar-refractivity contribution in [2.75, 3.05) is 6.61 Å².